The molecular weight excluding hydrogens is 567 g/mol. The van der Waals surface area contributed by atoms with Crippen LogP contribution in [0.3, 0.4) is 0 Å². The summed E-state index contributed by atoms with van der Waals surface area (Å²) in [6.07, 6.45) is 23.2. The number of allylic oxidation sites excluding steroid dienone is 2. The number of hydrogen-bond donors (Lipinski definition) is 1. The molecule has 1 heterocycles. The lowest BCUT2D eigenvalue weighted by Gasteiger charge is -2.21. The predicted molar refractivity (Wildman–Crippen MR) is 179 cm³/mol. The smallest absolute Gasteiger partial charge is 0.431 e. The number of rotatable bonds is 25. The molecule has 248 valence electrons. The number of unbranched alkanes of at least 4 members (excludes halogenated alkanes) is 13. The number of nitrogens with zero attached hydrogens (tertiary/aromatic N) is 1. The highest BCUT2D eigenvalue weighted by molar-refractivity contribution is 7.65. The molecule has 0 aliphatic rings. The lowest BCUT2D eigenvalue weighted by Crippen LogP contribution is -2.30. The van der Waals surface area contributed by atoms with Gasteiger partial charge in [0.05, 0.1) is 12.7 Å². The van der Waals surface area contributed by atoms with Gasteiger partial charge in [-0.1, -0.05) is 103 Å². The van der Waals surface area contributed by atoms with E-state index in [1.54, 1.807) is 45.4 Å². The van der Waals surface area contributed by atoms with Crippen molar-refractivity contribution in [3.05, 3.63) is 44.8 Å². The molecule has 0 saturated carbocycles. The number of ether oxygens (including phenoxy) is 2. The van der Waals surface area contributed by atoms with E-state index in [-0.39, 0.29) is 12.6 Å². The van der Waals surface area contributed by atoms with Crippen molar-refractivity contribution >= 4 is 19.3 Å². The normalized spacial score (nSPS) is 13.0. The van der Waals surface area contributed by atoms with Gasteiger partial charge in [-0.25, -0.2) is 9.59 Å². The molecule has 0 aromatic carbocycles. The molecule has 0 aliphatic carbocycles. The van der Waals surface area contributed by atoms with Gasteiger partial charge in [-0.3, -0.25) is 14.3 Å². The Hall–Kier alpha value is -2.09. The van der Waals surface area contributed by atoms with E-state index in [1.807, 2.05) is 0 Å². The van der Waals surface area contributed by atoms with Crippen LogP contribution in [-0.4, -0.2) is 54.1 Å². The third kappa shape index (κ3) is 20.5. The van der Waals surface area contributed by atoms with E-state index in [0.717, 1.165) is 13.0 Å². The molecule has 0 aliphatic heterocycles. The molecule has 0 spiro atoms. The summed E-state index contributed by atoms with van der Waals surface area (Å²) in [5.74, 6) is 1.70. The zero-order valence-electron chi connectivity index (χ0n) is 27.6. The highest BCUT2D eigenvalue weighted by Crippen LogP contribution is 2.46. The minimum absolute atomic E-state index is 0.247. The van der Waals surface area contributed by atoms with Crippen molar-refractivity contribution in [1.29, 1.82) is 0 Å². The van der Waals surface area contributed by atoms with Crippen LogP contribution in [0.1, 0.15) is 123 Å². The second-order valence-electron chi connectivity index (χ2n) is 11.6. The first-order valence-corrected chi connectivity index (χ1v) is 18.6. The second kappa shape index (κ2) is 24.3. The summed E-state index contributed by atoms with van der Waals surface area (Å²) in [4.78, 5) is 38.0. The molecule has 1 aromatic rings. The fraction of sp³-hybridized carbons (Fsp3) is 0.758. The van der Waals surface area contributed by atoms with Crippen molar-refractivity contribution in [3.8, 4) is 0 Å². The number of nitrogens with one attached hydrogen (secondary N) is 1. The van der Waals surface area contributed by atoms with Gasteiger partial charge in [-0.15, -0.1) is 0 Å². The average molecular weight is 627 g/mol. The molecule has 9 nitrogen and oxygen atoms in total. The highest BCUT2D eigenvalue weighted by Gasteiger charge is 2.19. The van der Waals surface area contributed by atoms with Crippen LogP contribution in [0.25, 0.3) is 0 Å². The van der Waals surface area contributed by atoms with E-state index in [4.69, 9.17) is 18.5 Å². The van der Waals surface area contributed by atoms with Crippen LogP contribution in [0.2, 0.25) is 0 Å². The summed E-state index contributed by atoms with van der Waals surface area (Å²) in [7, 11) is -2.71. The predicted octanol–water partition coefficient (Wildman–Crippen LogP) is 8.15. The Balaban J connectivity index is 2.27. The molecule has 1 aromatic heterocycles. The average Bonchev–Trinajstić information content (AvgIpc) is 2.94. The maximum Gasteiger partial charge on any atom is 0.513 e. The van der Waals surface area contributed by atoms with Crippen LogP contribution >= 0.6 is 7.34 Å². The van der Waals surface area contributed by atoms with Crippen molar-refractivity contribution in [2.24, 2.45) is 0 Å². The Morgan fingerprint density at radius 1 is 0.884 bits per heavy atom. The number of H-pyrrole nitrogens is 1. The number of hydrogen-bond acceptors (Lipinski definition) is 7. The number of aryl methyl sites for hydroxylation is 1. The van der Waals surface area contributed by atoms with Gasteiger partial charge in [0, 0.05) is 38.2 Å². The van der Waals surface area contributed by atoms with Crippen molar-refractivity contribution in [2.45, 2.75) is 137 Å². The molecule has 1 atom stereocenters. The maximum atomic E-state index is 12.2. The quantitative estimate of drug-likeness (QED) is 0.0663. The van der Waals surface area contributed by atoms with E-state index in [0.29, 0.717) is 25.2 Å². The topological polar surface area (TPSA) is 109 Å². The number of aromatic amines is 1. The molecule has 0 amide bonds. The summed E-state index contributed by atoms with van der Waals surface area (Å²) < 4.78 is 23.9. The zero-order chi connectivity index (χ0) is 31.8. The van der Waals surface area contributed by atoms with Gasteiger partial charge in [0.1, 0.15) is 0 Å². The SMILES string of the molecule is CCCCCCCCCCCCCCCCOCCCOP(C)(=CC=CCn1cc(C)c(=O)[nH]c1=O)OC(=O)OC(C)C. The maximum absolute atomic E-state index is 12.2. The molecule has 1 rings (SSSR count). The van der Waals surface area contributed by atoms with Crippen LogP contribution in [0, 0.1) is 6.92 Å². The fourth-order valence-electron chi connectivity index (χ4n) is 4.52. The molecule has 0 fully saturated rings. The van der Waals surface area contributed by atoms with Crippen molar-refractivity contribution < 1.29 is 23.3 Å². The third-order valence-electron chi connectivity index (χ3n) is 6.99. The van der Waals surface area contributed by atoms with Gasteiger partial charge in [0.2, 0.25) is 0 Å². The van der Waals surface area contributed by atoms with E-state index in [2.05, 4.69) is 11.9 Å². The largest absolute Gasteiger partial charge is 0.513 e. The second-order valence-corrected chi connectivity index (χ2v) is 14.2. The Morgan fingerprint density at radius 3 is 2.02 bits per heavy atom. The van der Waals surface area contributed by atoms with E-state index < -0.39 is 24.7 Å². The monoisotopic (exact) mass is 626 g/mol. The van der Waals surface area contributed by atoms with E-state index >= 15 is 0 Å². The van der Waals surface area contributed by atoms with Gasteiger partial charge in [0.25, 0.3) is 5.56 Å². The van der Waals surface area contributed by atoms with Gasteiger partial charge < -0.3 is 18.5 Å². The van der Waals surface area contributed by atoms with Crippen LogP contribution in [0.4, 0.5) is 4.79 Å². The highest BCUT2D eigenvalue weighted by atomic mass is 31.2. The number of carbonyl (C=O) groups is 1. The Kier molecular flexibility index (Phi) is 22.0. The Morgan fingerprint density at radius 2 is 1.44 bits per heavy atom. The first-order chi connectivity index (χ1) is 20.7. The zero-order valence-corrected chi connectivity index (χ0v) is 28.5. The fourth-order valence-corrected chi connectivity index (χ4v) is 5.98. The van der Waals surface area contributed by atoms with Crippen molar-refractivity contribution in [2.75, 3.05) is 26.5 Å². The van der Waals surface area contributed by atoms with E-state index in [9.17, 15) is 14.4 Å². The van der Waals surface area contributed by atoms with Gasteiger partial charge in [-0.2, -0.15) is 0 Å². The van der Waals surface area contributed by atoms with Crippen LogP contribution in [-0.2, 0) is 25.1 Å². The number of aromatic nitrogens is 2. The molecule has 1 unspecified atom stereocenters. The summed E-state index contributed by atoms with van der Waals surface area (Å²) in [6, 6.07) is 0. The molecule has 43 heavy (non-hydrogen) atoms. The summed E-state index contributed by atoms with van der Waals surface area (Å²) in [6.45, 7) is 11.1. The molecule has 0 saturated heterocycles. The third-order valence-corrected chi connectivity index (χ3v) is 8.92. The Labute approximate surface area is 259 Å². The molecule has 0 radical (unpaired) electrons. The number of carbonyl (C=O) groups excluding carboxylic acids is 1. The summed E-state index contributed by atoms with van der Waals surface area (Å²) >= 11 is 0. The van der Waals surface area contributed by atoms with Gasteiger partial charge in [0.15, 0.2) is 7.34 Å². The first-order valence-electron chi connectivity index (χ1n) is 16.5. The lowest BCUT2D eigenvalue weighted by atomic mass is 10.0. The lowest BCUT2D eigenvalue weighted by molar-refractivity contribution is 0.0701. The first kappa shape index (κ1) is 38.9. The minimum Gasteiger partial charge on any atom is -0.431 e. The van der Waals surface area contributed by atoms with Gasteiger partial charge >= 0.3 is 11.8 Å². The molecular formula is C33H59N2O7P. The van der Waals surface area contributed by atoms with Crippen LogP contribution in [0.15, 0.2) is 27.9 Å². The molecule has 0 bridgehead atoms. The van der Waals surface area contributed by atoms with E-state index in [1.165, 1.54) is 94.2 Å². The van der Waals surface area contributed by atoms with Crippen LogP contribution < -0.4 is 11.2 Å². The van der Waals surface area contributed by atoms with Crippen molar-refractivity contribution in [3.63, 3.8) is 0 Å². The standard InChI is InChI=1S/C33H59N2O7P/c1-6-7-8-9-10-11-12-13-14-15-16-17-18-20-24-39-25-22-26-40-43(5,42-33(38)41-29(2)3)27-21-19-23-35-28-30(4)31(36)34-32(35)37/h19,21,27-29H,6-18,20,22-26H2,1-5H3,(H,34,36,37). The molecule has 1 N–H and O–H groups in total. The summed E-state index contributed by atoms with van der Waals surface area (Å²) in [5, 5.41) is 0. The summed E-state index contributed by atoms with van der Waals surface area (Å²) in [5.41, 5.74) is -0.437. The van der Waals surface area contributed by atoms with Crippen LogP contribution in [0.5, 0.6) is 0 Å². The van der Waals surface area contributed by atoms with Gasteiger partial charge in [-0.05, 0) is 39.4 Å². The molecule has 10 heteroatoms. The minimum atomic E-state index is -2.71. The van der Waals surface area contributed by atoms with Crippen molar-refractivity contribution in [1.82, 2.24) is 9.55 Å². The Bertz CT molecular complexity index is 1080.